The second kappa shape index (κ2) is 10.6. The predicted octanol–water partition coefficient (Wildman–Crippen LogP) is 6.20. The molecule has 0 saturated carbocycles. The first-order valence-electron chi connectivity index (χ1n) is 9.67. The van der Waals surface area contributed by atoms with Crippen molar-refractivity contribution in [3.8, 4) is 0 Å². The van der Waals surface area contributed by atoms with Crippen LogP contribution in [-0.2, 0) is 17.8 Å². The van der Waals surface area contributed by atoms with Crippen molar-refractivity contribution < 1.29 is 35.5 Å². The van der Waals surface area contributed by atoms with E-state index < -0.39 is 30.1 Å². The van der Waals surface area contributed by atoms with Gasteiger partial charge < -0.3 is 4.90 Å². The van der Waals surface area contributed by atoms with Gasteiger partial charge in [-0.1, -0.05) is 32.0 Å². The van der Waals surface area contributed by atoms with Crippen molar-refractivity contribution in [3.63, 3.8) is 0 Å². The lowest BCUT2D eigenvalue weighted by atomic mass is 10.00. The molecule has 0 aliphatic carbocycles. The minimum atomic E-state index is -4.99. The molecule has 1 unspecified atom stereocenters. The third-order valence-corrected chi connectivity index (χ3v) is 5.39. The van der Waals surface area contributed by atoms with E-state index in [4.69, 9.17) is 0 Å². The Balaban J connectivity index is 0.00000176. The Bertz CT molecular complexity index is 914. The summed E-state index contributed by atoms with van der Waals surface area (Å²) in [5, 5.41) is 0. The van der Waals surface area contributed by atoms with Gasteiger partial charge in [-0.15, -0.1) is 0 Å². The fourth-order valence-electron chi connectivity index (χ4n) is 3.06. The third kappa shape index (κ3) is 6.61. The van der Waals surface area contributed by atoms with Crippen molar-refractivity contribution in [1.82, 2.24) is 9.62 Å². The molecular formula is C21H21F7N2OS. The summed E-state index contributed by atoms with van der Waals surface area (Å²) in [7, 11) is 0. The molecule has 1 aliphatic rings. The molecule has 32 heavy (non-hydrogen) atoms. The van der Waals surface area contributed by atoms with Crippen LogP contribution in [0, 0.1) is 5.82 Å². The Morgan fingerprint density at radius 1 is 1.00 bits per heavy atom. The van der Waals surface area contributed by atoms with Gasteiger partial charge in [0.1, 0.15) is 11.9 Å². The fourth-order valence-corrected chi connectivity index (χ4v) is 3.92. The molecule has 176 valence electrons. The van der Waals surface area contributed by atoms with Gasteiger partial charge in [0.05, 0.1) is 0 Å². The summed E-state index contributed by atoms with van der Waals surface area (Å²) in [6.07, 6.45) is -9.42. The number of alkyl halides is 6. The number of carbonyl (C=O) groups is 1. The predicted molar refractivity (Wildman–Crippen MR) is 107 cm³/mol. The number of halogens is 7. The zero-order valence-corrected chi connectivity index (χ0v) is 18.0. The normalized spacial score (nSPS) is 14.8. The number of rotatable bonds is 4. The van der Waals surface area contributed by atoms with E-state index in [1.807, 2.05) is 13.8 Å². The third-order valence-electron chi connectivity index (χ3n) is 4.55. The van der Waals surface area contributed by atoms with E-state index in [-0.39, 0.29) is 25.1 Å². The Morgan fingerprint density at radius 3 is 2.19 bits per heavy atom. The molecule has 3 nitrogen and oxygen atoms in total. The molecule has 2 aromatic rings. The zero-order valence-electron chi connectivity index (χ0n) is 17.1. The van der Waals surface area contributed by atoms with E-state index >= 15 is 0 Å². The van der Waals surface area contributed by atoms with Crippen LogP contribution in [0.5, 0.6) is 0 Å². The fraction of sp³-hybridized carbons (Fsp3) is 0.381. The first kappa shape index (κ1) is 26.0. The number of fused-ring (bicyclic) bond motifs is 1. The van der Waals surface area contributed by atoms with Crippen LogP contribution in [0.25, 0.3) is 0 Å². The molecule has 3 rings (SSSR count). The van der Waals surface area contributed by atoms with Crippen LogP contribution in [0.15, 0.2) is 47.4 Å². The van der Waals surface area contributed by atoms with Crippen LogP contribution < -0.4 is 4.72 Å². The van der Waals surface area contributed by atoms with Gasteiger partial charge in [0.2, 0.25) is 0 Å². The molecule has 0 spiro atoms. The van der Waals surface area contributed by atoms with Crippen LogP contribution in [0.1, 0.15) is 36.6 Å². The Labute approximate surface area is 185 Å². The summed E-state index contributed by atoms with van der Waals surface area (Å²) in [4.78, 5) is 12.5. The summed E-state index contributed by atoms with van der Waals surface area (Å²) in [5.41, 5.74) is 0.990. The number of hydrogen-bond donors (Lipinski definition) is 1. The van der Waals surface area contributed by atoms with Crippen molar-refractivity contribution >= 4 is 17.9 Å². The Hall–Kier alpha value is -2.27. The summed E-state index contributed by atoms with van der Waals surface area (Å²) in [6.45, 7) is 3.64. The molecule has 0 bridgehead atoms. The molecule has 1 atom stereocenters. The molecule has 11 heteroatoms. The van der Waals surface area contributed by atoms with Gasteiger partial charge in [-0.2, -0.15) is 26.3 Å². The van der Waals surface area contributed by atoms with Crippen LogP contribution >= 0.6 is 11.9 Å². The van der Waals surface area contributed by atoms with Gasteiger partial charge in [-0.25, -0.2) is 9.11 Å². The van der Waals surface area contributed by atoms with Gasteiger partial charge in [0, 0.05) is 18.0 Å². The quantitative estimate of drug-likeness (QED) is 0.416. The molecule has 1 heterocycles. The van der Waals surface area contributed by atoms with E-state index in [1.54, 1.807) is 12.1 Å². The number of amides is 1. The molecule has 0 aromatic heterocycles. The smallest absolute Gasteiger partial charge is 0.330 e. The topological polar surface area (TPSA) is 32.3 Å². The number of carbonyl (C=O) groups excluding carboxylic acids is 1. The average Bonchev–Trinajstić information content (AvgIpc) is 2.74. The van der Waals surface area contributed by atoms with Crippen molar-refractivity contribution in [1.29, 1.82) is 0 Å². The SMILES string of the molecule is CC.O=C(N1CCc2ccc(SNC(c3ccc(F)cc3)C(F)(F)F)cc2C1)C(F)(F)F. The number of nitrogens with zero attached hydrogens (tertiary/aromatic N) is 1. The lowest BCUT2D eigenvalue weighted by Crippen LogP contribution is -2.43. The van der Waals surface area contributed by atoms with Crippen molar-refractivity contribution in [2.45, 2.75) is 50.1 Å². The highest BCUT2D eigenvalue weighted by molar-refractivity contribution is 7.97. The Kier molecular flexibility index (Phi) is 8.58. The minimum absolute atomic E-state index is 0.0865. The standard InChI is InChI=1S/C19H15F7N2OS.C2H6/c20-14-4-1-12(2-5-14)16(18(21,22)23)27-30-15-6-3-11-7-8-28(10-13(11)9-15)17(29)19(24,25)26;1-2/h1-6,9,16,27H,7-8,10H2;1-2H3. The maximum absolute atomic E-state index is 13.4. The van der Waals surface area contributed by atoms with Crippen LogP contribution in [-0.4, -0.2) is 29.7 Å². The molecule has 0 radical (unpaired) electrons. The first-order chi connectivity index (χ1) is 14.9. The highest BCUT2D eigenvalue weighted by Crippen LogP contribution is 2.36. The molecule has 1 N–H and O–H groups in total. The largest absolute Gasteiger partial charge is 0.471 e. The number of benzene rings is 2. The van der Waals surface area contributed by atoms with Gasteiger partial charge in [0.15, 0.2) is 0 Å². The summed E-state index contributed by atoms with van der Waals surface area (Å²) in [5.74, 6) is -2.61. The summed E-state index contributed by atoms with van der Waals surface area (Å²) < 4.78 is 93.5. The number of hydrogen-bond acceptors (Lipinski definition) is 3. The molecule has 2 aromatic carbocycles. The molecule has 1 aliphatic heterocycles. The van der Waals surface area contributed by atoms with Crippen molar-refractivity contribution in [2.75, 3.05) is 6.54 Å². The van der Waals surface area contributed by atoms with Crippen LogP contribution in [0.3, 0.4) is 0 Å². The van der Waals surface area contributed by atoms with E-state index in [1.165, 1.54) is 6.07 Å². The molecule has 0 fully saturated rings. The lowest BCUT2D eigenvalue weighted by molar-refractivity contribution is -0.186. The maximum Gasteiger partial charge on any atom is 0.471 e. The second-order valence-electron chi connectivity index (χ2n) is 6.65. The van der Waals surface area contributed by atoms with Crippen LogP contribution in [0.4, 0.5) is 30.7 Å². The maximum atomic E-state index is 13.4. The highest BCUT2D eigenvalue weighted by Gasteiger charge is 2.43. The average molecular weight is 482 g/mol. The molecular weight excluding hydrogens is 461 g/mol. The lowest BCUT2D eigenvalue weighted by Gasteiger charge is -2.29. The van der Waals surface area contributed by atoms with Gasteiger partial charge >= 0.3 is 18.3 Å². The van der Waals surface area contributed by atoms with E-state index in [2.05, 4.69) is 4.72 Å². The second-order valence-corrected chi connectivity index (χ2v) is 7.56. The number of nitrogens with one attached hydrogen (secondary N) is 1. The minimum Gasteiger partial charge on any atom is -0.330 e. The molecule has 1 amide bonds. The first-order valence-corrected chi connectivity index (χ1v) is 10.5. The van der Waals surface area contributed by atoms with E-state index in [0.717, 1.165) is 29.8 Å². The molecule has 0 saturated heterocycles. The zero-order chi connectivity index (χ0) is 24.1. The van der Waals surface area contributed by atoms with Crippen LogP contribution in [0.2, 0.25) is 0 Å². The van der Waals surface area contributed by atoms with Gasteiger partial charge in [-0.3, -0.25) is 4.79 Å². The van der Waals surface area contributed by atoms with Gasteiger partial charge in [0.25, 0.3) is 0 Å². The van der Waals surface area contributed by atoms with Crippen molar-refractivity contribution in [2.24, 2.45) is 0 Å². The van der Waals surface area contributed by atoms with E-state index in [9.17, 15) is 35.5 Å². The highest BCUT2D eigenvalue weighted by atomic mass is 32.2. The van der Waals surface area contributed by atoms with Crippen molar-refractivity contribution in [3.05, 3.63) is 65.0 Å². The van der Waals surface area contributed by atoms with Gasteiger partial charge in [-0.05, 0) is 59.3 Å². The van der Waals surface area contributed by atoms with E-state index in [0.29, 0.717) is 27.3 Å². The monoisotopic (exact) mass is 482 g/mol. The summed E-state index contributed by atoms with van der Waals surface area (Å²) >= 11 is 0.653. The summed E-state index contributed by atoms with van der Waals surface area (Å²) in [6, 6.07) is 6.44. The Morgan fingerprint density at radius 2 is 1.62 bits per heavy atom.